The van der Waals surface area contributed by atoms with Crippen molar-refractivity contribution in [1.82, 2.24) is 4.98 Å². The van der Waals surface area contributed by atoms with Crippen LogP contribution in [0.2, 0.25) is 5.02 Å². The molecule has 0 bridgehead atoms. The average Bonchev–Trinajstić information content (AvgIpc) is 2.53. The fraction of sp³-hybridized carbons (Fsp3) is 0.100. The normalized spacial score (nSPS) is 17.2. The van der Waals surface area contributed by atoms with Gasteiger partial charge in [0.15, 0.2) is 5.75 Å². The predicted octanol–water partition coefficient (Wildman–Crippen LogP) is 3.92. The molecule has 0 aliphatic carbocycles. The molecule has 3 rings (SSSR count). The van der Waals surface area contributed by atoms with Crippen molar-refractivity contribution in [2.24, 2.45) is 0 Å². The Kier molecular flexibility index (Phi) is 2.03. The minimum atomic E-state index is -3.24. The van der Waals surface area contributed by atoms with Gasteiger partial charge in [0.2, 0.25) is 0 Å². The van der Waals surface area contributed by atoms with E-state index in [0.717, 1.165) is 0 Å². The number of fused-ring (bicyclic) bond motifs is 3. The van der Waals surface area contributed by atoms with Crippen LogP contribution in [0.3, 0.4) is 0 Å². The SMILES string of the molecule is FC1(F)Oc2c(cc(Cl)c3cccnc23)S1. The number of hydrogen-bond acceptors (Lipinski definition) is 3. The number of benzene rings is 1. The zero-order chi connectivity index (χ0) is 11.3. The molecule has 16 heavy (non-hydrogen) atoms. The van der Waals surface area contributed by atoms with E-state index in [0.29, 0.717) is 32.6 Å². The van der Waals surface area contributed by atoms with Gasteiger partial charge in [0, 0.05) is 11.6 Å². The van der Waals surface area contributed by atoms with Crippen molar-refractivity contribution in [3.63, 3.8) is 0 Å². The van der Waals surface area contributed by atoms with Crippen LogP contribution in [0.15, 0.2) is 29.3 Å². The molecule has 0 fully saturated rings. The lowest BCUT2D eigenvalue weighted by Gasteiger charge is -2.07. The monoisotopic (exact) mass is 259 g/mol. The number of ether oxygens (including phenoxy) is 1. The van der Waals surface area contributed by atoms with Gasteiger partial charge in [0.1, 0.15) is 5.52 Å². The van der Waals surface area contributed by atoms with E-state index >= 15 is 0 Å². The number of pyridine rings is 1. The molecule has 0 saturated carbocycles. The summed E-state index contributed by atoms with van der Waals surface area (Å²) in [5.41, 5.74) is -2.87. The summed E-state index contributed by atoms with van der Waals surface area (Å²) in [7, 11) is 0. The quantitative estimate of drug-likeness (QED) is 0.716. The summed E-state index contributed by atoms with van der Waals surface area (Å²) in [4.78, 5) is 4.34. The Morgan fingerprint density at radius 3 is 3.06 bits per heavy atom. The summed E-state index contributed by atoms with van der Waals surface area (Å²) >= 11 is 6.32. The number of rotatable bonds is 0. The van der Waals surface area contributed by atoms with Crippen molar-refractivity contribution in [3.8, 4) is 5.75 Å². The number of thioether (sulfide) groups is 1. The van der Waals surface area contributed by atoms with E-state index in [4.69, 9.17) is 11.6 Å². The molecule has 82 valence electrons. The van der Waals surface area contributed by atoms with Gasteiger partial charge in [-0.1, -0.05) is 11.6 Å². The Morgan fingerprint density at radius 2 is 2.25 bits per heavy atom. The van der Waals surface area contributed by atoms with Crippen LogP contribution >= 0.6 is 23.4 Å². The van der Waals surface area contributed by atoms with Gasteiger partial charge in [-0.15, -0.1) is 0 Å². The Hall–Kier alpha value is -1.07. The van der Waals surface area contributed by atoms with E-state index in [2.05, 4.69) is 9.72 Å². The van der Waals surface area contributed by atoms with Crippen LogP contribution in [0.4, 0.5) is 8.78 Å². The van der Waals surface area contributed by atoms with Crippen LogP contribution in [-0.4, -0.2) is 10.4 Å². The molecule has 2 heterocycles. The zero-order valence-electron chi connectivity index (χ0n) is 7.71. The maximum Gasteiger partial charge on any atom is 0.457 e. The van der Waals surface area contributed by atoms with E-state index in [1.807, 2.05) is 0 Å². The van der Waals surface area contributed by atoms with Gasteiger partial charge in [0.05, 0.1) is 9.92 Å². The van der Waals surface area contributed by atoms with Crippen molar-refractivity contribution < 1.29 is 13.5 Å². The van der Waals surface area contributed by atoms with Gasteiger partial charge in [0.25, 0.3) is 0 Å². The molecule has 6 heteroatoms. The second-order valence-corrected chi connectivity index (χ2v) is 4.78. The van der Waals surface area contributed by atoms with E-state index in [9.17, 15) is 8.78 Å². The number of alkyl halides is 2. The van der Waals surface area contributed by atoms with Crippen LogP contribution in [0.5, 0.6) is 5.75 Å². The number of hydrogen-bond donors (Lipinski definition) is 0. The molecule has 1 aromatic carbocycles. The van der Waals surface area contributed by atoms with Crippen LogP contribution in [0, 0.1) is 0 Å². The summed E-state index contributed by atoms with van der Waals surface area (Å²) in [5.74, 6) is 0.106. The summed E-state index contributed by atoms with van der Waals surface area (Å²) in [6, 6.07) is 4.89. The summed E-state index contributed by atoms with van der Waals surface area (Å²) in [6.07, 6.45) is 1.52. The Morgan fingerprint density at radius 1 is 1.44 bits per heavy atom. The van der Waals surface area contributed by atoms with Crippen LogP contribution in [0.1, 0.15) is 0 Å². The largest absolute Gasteiger partial charge is 0.457 e. The van der Waals surface area contributed by atoms with Crippen molar-refractivity contribution >= 4 is 34.3 Å². The van der Waals surface area contributed by atoms with Gasteiger partial charge in [-0.25, -0.2) is 0 Å². The van der Waals surface area contributed by atoms with Crippen LogP contribution < -0.4 is 4.74 Å². The van der Waals surface area contributed by atoms with Crippen molar-refractivity contribution in [2.45, 2.75) is 10.3 Å². The molecule has 1 aliphatic rings. The van der Waals surface area contributed by atoms with E-state index in [-0.39, 0.29) is 5.75 Å². The van der Waals surface area contributed by atoms with E-state index in [1.54, 1.807) is 12.1 Å². The summed E-state index contributed by atoms with van der Waals surface area (Å²) < 4.78 is 30.7. The highest BCUT2D eigenvalue weighted by Crippen LogP contribution is 2.52. The smallest absolute Gasteiger partial charge is 0.420 e. The number of halogens is 3. The van der Waals surface area contributed by atoms with Crippen molar-refractivity contribution in [3.05, 3.63) is 29.4 Å². The van der Waals surface area contributed by atoms with E-state index in [1.165, 1.54) is 12.3 Å². The van der Waals surface area contributed by atoms with Gasteiger partial charge in [-0.3, -0.25) is 4.98 Å². The molecule has 0 atom stereocenters. The number of aromatic nitrogens is 1. The van der Waals surface area contributed by atoms with Gasteiger partial charge >= 0.3 is 5.44 Å². The maximum atomic E-state index is 13.1. The predicted molar refractivity (Wildman–Crippen MR) is 58.2 cm³/mol. The lowest BCUT2D eigenvalue weighted by Crippen LogP contribution is -2.13. The molecule has 2 nitrogen and oxygen atoms in total. The molecule has 1 aliphatic heterocycles. The first-order valence-electron chi connectivity index (χ1n) is 4.40. The van der Waals surface area contributed by atoms with Crippen molar-refractivity contribution in [2.75, 3.05) is 0 Å². The van der Waals surface area contributed by atoms with Gasteiger partial charge in [-0.05, 0) is 30.0 Å². The third kappa shape index (κ3) is 1.43. The highest BCUT2D eigenvalue weighted by molar-refractivity contribution is 8.00. The van der Waals surface area contributed by atoms with Crippen LogP contribution in [0.25, 0.3) is 10.9 Å². The molecule has 0 amide bonds. The maximum absolute atomic E-state index is 13.1. The molecular formula is C10H4ClF2NOS. The summed E-state index contributed by atoms with van der Waals surface area (Å²) in [5, 5.41) is 1.01. The van der Waals surface area contributed by atoms with Crippen molar-refractivity contribution in [1.29, 1.82) is 0 Å². The summed E-state index contributed by atoms with van der Waals surface area (Å²) in [6.45, 7) is 0. The first-order valence-corrected chi connectivity index (χ1v) is 5.59. The fourth-order valence-electron chi connectivity index (χ4n) is 1.60. The third-order valence-electron chi connectivity index (χ3n) is 2.21. The zero-order valence-corrected chi connectivity index (χ0v) is 9.28. The lowest BCUT2D eigenvalue weighted by atomic mass is 10.2. The lowest BCUT2D eigenvalue weighted by molar-refractivity contribution is -0.0814. The van der Waals surface area contributed by atoms with E-state index < -0.39 is 5.44 Å². The molecule has 0 unspecified atom stereocenters. The van der Waals surface area contributed by atoms with Gasteiger partial charge in [-0.2, -0.15) is 8.78 Å². The second kappa shape index (κ2) is 3.21. The topological polar surface area (TPSA) is 22.1 Å². The Labute approximate surface area is 98.6 Å². The third-order valence-corrected chi connectivity index (χ3v) is 3.37. The highest BCUT2D eigenvalue weighted by Gasteiger charge is 2.43. The fourth-order valence-corrected chi connectivity index (χ4v) is 2.71. The highest BCUT2D eigenvalue weighted by atomic mass is 35.5. The first-order chi connectivity index (χ1) is 7.57. The molecule has 2 aromatic rings. The Balaban J connectivity index is 2.35. The molecule has 0 spiro atoms. The molecule has 0 N–H and O–H groups in total. The Bertz CT molecular complexity index is 590. The first kappa shape index (κ1) is 10.1. The average molecular weight is 260 g/mol. The minimum Gasteiger partial charge on any atom is -0.420 e. The second-order valence-electron chi connectivity index (χ2n) is 3.25. The minimum absolute atomic E-state index is 0.106. The van der Waals surface area contributed by atoms with Crippen LogP contribution in [-0.2, 0) is 0 Å². The standard InChI is InChI=1S/C10H4ClF2NOS/c11-6-4-7-9(15-10(12,13)16-7)8-5(6)2-1-3-14-8/h1-4H. The molecule has 0 radical (unpaired) electrons. The molecule has 1 aromatic heterocycles. The molecule has 0 saturated heterocycles. The number of nitrogens with zero attached hydrogens (tertiary/aromatic N) is 1. The van der Waals surface area contributed by atoms with Gasteiger partial charge < -0.3 is 4.74 Å². The molecular weight excluding hydrogens is 256 g/mol.